The number of rotatable bonds is 5. The Hall–Kier alpha value is -3.97. The Balaban J connectivity index is 1.72. The second kappa shape index (κ2) is 9.24. The maximum Gasteiger partial charge on any atom is 0.301 e. The molecule has 4 aromatic rings. The average Bonchev–Trinajstić information content (AvgIpc) is 3.41. The van der Waals surface area contributed by atoms with Gasteiger partial charge in [-0.25, -0.2) is 4.98 Å². The van der Waals surface area contributed by atoms with Crippen molar-refractivity contribution in [2.75, 3.05) is 12.0 Å². The van der Waals surface area contributed by atoms with Gasteiger partial charge in [0.2, 0.25) is 0 Å². The monoisotopic (exact) mass is 498 g/mol. The molecule has 1 N–H and O–H groups in total. The fourth-order valence-corrected chi connectivity index (χ4v) is 5.55. The summed E-state index contributed by atoms with van der Waals surface area (Å²) in [6, 6.07) is 19.7. The summed E-state index contributed by atoms with van der Waals surface area (Å²) < 4.78 is 6.22. The first-order chi connectivity index (χ1) is 17.3. The van der Waals surface area contributed by atoms with Crippen molar-refractivity contribution < 1.29 is 19.4 Å². The molecule has 36 heavy (non-hydrogen) atoms. The Morgan fingerprint density at radius 3 is 2.50 bits per heavy atom. The van der Waals surface area contributed by atoms with E-state index in [1.54, 1.807) is 24.3 Å². The first-order valence-corrected chi connectivity index (χ1v) is 12.5. The zero-order chi connectivity index (χ0) is 25.6. The van der Waals surface area contributed by atoms with Gasteiger partial charge in [0.1, 0.15) is 11.5 Å². The minimum atomic E-state index is -0.820. The third-order valence-corrected chi connectivity index (χ3v) is 7.46. The molecule has 0 aliphatic carbocycles. The fourth-order valence-electron chi connectivity index (χ4n) is 4.46. The minimum absolute atomic E-state index is 0.0287. The van der Waals surface area contributed by atoms with Gasteiger partial charge in [0.25, 0.3) is 5.78 Å². The molecule has 182 valence electrons. The molecule has 1 amide bonds. The molecule has 1 fully saturated rings. The molecule has 0 unspecified atom stereocenters. The number of aryl methyl sites for hydroxylation is 1. The lowest BCUT2D eigenvalue weighted by Crippen LogP contribution is -2.29. The number of Topliss-reactive ketones (excluding diaryl/α,β-unsaturated/α-hetero) is 1. The van der Waals surface area contributed by atoms with Crippen LogP contribution in [0.2, 0.25) is 0 Å². The molecule has 1 saturated heterocycles. The van der Waals surface area contributed by atoms with Crippen molar-refractivity contribution in [1.82, 2.24) is 4.98 Å². The molecule has 1 aliphatic heterocycles. The molecule has 3 aromatic carbocycles. The molecule has 2 heterocycles. The van der Waals surface area contributed by atoms with Gasteiger partial charge in [-0.05, 0) is 53.8 Å². The third-order valence-electron chi connectivity index (χ3n) is 6.45. The number of fused-ring (bicyclic) bond motifs is 1. The molecule has 5 rings (SSSR count). The second-order valence-electron chi connectivity index (χ2n) is 9.19. The number of hydrogen-bond donors (Lipinski definition) is 1. The van der Waals surface area contributed by atoms with Gasteiger partial charge in [0.05, 0.1) is 28.9 Å². The topological polar surface area (TPSA) is 79.7 Å². The Kier molecular flexibility index (Phi) is 6.10. The standard InChI is InChI=1S/C29H26N2O4S/c1-16(2)18-9-11-19(12-10-18)25-24(26(32)20-6-5-7-21(15-20)35-4)27(33)28(34)31(25)29-30-22-13-8-17(3)14-23(22)36-29/h5-16,25,32H,1-4H3/b26-24+/t25-/m0/s1. The molecule has 0 radical (unpaired) electrons. The van der Waals surface area contributed by atoms with Crippen molar-refractivity contribution in [2.45, 2.75) is 32.7 Å². The summed E-state index contributed by atoms with van der Waals surface area (Å²) >= 11 is 1.35. The van der Waals surface area contributed by atoms with Crippen LogP contribution in [0, 0.1) is 6.92 Å². The van der Waals surface area contributed by atoms with E-state index < -0.39 is 17.7 Å². The van der Waals surface area contributed by atoms with Crippen LogP contribution in [0.1, 0.15) is 48.1 Å². The highest BCUT2D eigenvalue weighted by Crippen LogP contribution is 2.44. The van der Waals surface area contributed by atoms with E-state index in [-0.39, 0.29) is 11.3 Å². The minimum Gasteiger partial charge on any atom is -0.507 e. The molecule has 7 heteroatoms. The maximum atomic E-state index is 13.5. The summed E-state index contributed by atoms with van der Waals surface area (Å²) in [7, 11) is 1.53. The van der Waals surface area contributed by atoms with Crippen molar-refractivity contribution in [2.24, 2.45) is 0 Å². The Morgan fingerprint density at radius 2 is 1.81 bits per heavy atom. The third kappa shape index (κ3) is 4.05. The van der Waals surface area contributed by atoms with Crippen LogP contribution in [0.3, 0.4) is 0 Å². The number of anilines is 1. The van der Waals surface area contributed by atoms with Crippen LogP contribution in [0.15, 0.2) is 72.3 Å². The van der Waals surface area contributed by atoms with E-state index in [4.69, 9.17) is 4.74 Å². The predicted octanol–water partition coefficient (Wildman–Crippen LogP) is 6.36. The van der Waals surface area contributed by atoms with E-state index in [9.17, 15) is 14.7 Å². The van der Waals surface area contributed by atoms with Gasteiger partial charge in [-0.1, -0.05) is 67.6 Å². The maximum absolute atomic E-state index is 13.5. The lowest BCUT2D eigenvalue weighted by Gasteiger charge is -2.23. The van der Waals surface area contributed by atoms with Crippen LogP contribution in [0.5, 0.6) is 5.75 Å². The van der Waals surface area contributed by atoms with Gasteiger partial charge in [-0.15, -0.1) is 0 Å². The number of nitrogens with zero attached hydrogens (tertiary/aromatic N) is 2. The molecular formula is C29H26N2O4S. The highest BCUT2D eigenvalue weighted by atomic mass is 32.1. The van der Waals surface area contributed by atoms with Gasteiger partial charge in [0, 0.05) is 5.56 Å². The van der Waals surface area contributed by atoms with E-state index in [1.165, 1.54) is 23.3 Å². The number of ether oxygens (including phenoxy) is 1. The number of amides is 1. The number of ketones is 1. The Bertz CT molecular complexity index is 1520. The van der Waals surface area contributed by atoms with Crippen molar-refractivity contribution >= 4 is 44.1 Å². The van der Waals surface area contributed by atoms with Crippen molar-refractivity contribution in [3.63, 3.8) is 0 Å². The molecule has 1 atom stereocenters. The van der Waals surface area contributed by atoms with Gasteiger partial charge in [-0.2, -0.15) is 0 Å². The van der Waals surface area contributed by atoms with Crippen LogP contribution in [0.4, 0.5) is 5.13 Å². The number of benzene rings is 3. The number of methoxy groups -OCH3 is 1. The average molecular weight is 499 g/mol. The fraction of sp³-hybridized carbons (Fsp3) is 0.207. The van der Waals surface area contributed by atoms with E-state index >= 15 is 0 Å². The summed E-state index contributed by atoms with van der Waals surface area (Å²) in [6.45, 7) is 6.20. The van der Waals surface area contributed by atoms with Crippen molar-refractivity contribution in [1.29, 1.82) is 0 Å². The lowest BCUT2D eigenvalue weighted by atomic mass is 9.93. The molecule has 0 bridgehead atoms. The first kappa shape index (κ1) is 23.8. The number of aromatic nitrogens is 1. The Labute approximate surface area is 213 Å². The molecule has 1 aromatic heterocycles. The molecule has 0 spiro atoms. The first-order valence-electron chi connectivity index (χ1n) is 11.7. The van der Waals surface area contributed by atoms with E-state index in [2.05, 4.69) is 18.8 Å². The van der Waals surface area contributed by atoms with Gasteiger partial charge >= 0.3 is 5.91 Å². The van der Waals surface area contributed by atoms with E-state index in [1.807, 2.05) is 49.4 Å². The molecule has 1 aliphatic rings. The summed E-state index contributed by atoms with van der Waals surface area (Å²) in [5.74, 6) is -0.844. The van der Waals surface area contributed by atoms with E-state index in [0.29, 0.717) is 22.4 Å². The number of carbonyl (C=O) groups excluding carboxylic acids is 2. The van der Waals surface area contributed by atoms with Crippen molar-refractivity contribution in [3.05, 3.63) is 94.6 Å². The highest BCUT2D eigenvalue weighted by molar-refractivity contribution is 7.22. The van der Waals surface area contributed by atoms with Crippen LogP contribution >= 0.6 is 11.3 Å². The summed E-state index contributed by atoms with van der Waals surface area (Å²) in [5.41, 5.74) is 4.12. The van der Waals surface area contributed by atoms with Gasteiger partial charge in [-0.3, -0.25) is 14.5 Å². The SMILES string of the molecule is COc1cccc(/C(O)=C2\C(=O)C(=O)N(c3nc4ccc(C)cc4s3)[C@H]2c2ccc(C(C)C)cc2)c1. The van der Waals surface area contributed by atoms with Gasteiger partial charge in [0.15, 0.2) is 5.13 Å². The number of hydrogen-bond acceptors (Lipinski definition) is 6. The predicted molar refractivity (Wildman–Crippen MR) is 143 cm³/mol. The van der Waals surface area contributed by atoms with Gasteiger partial charge < -0.3 is 9.84 Å². The van der Waals surface area contributed by atoms with Crippen LogP contribution in [0.25, 0.3) is 16.0 Å². The molecule has 0 saturated carbocycles. The zero-order valence-electron chi connectivity index (χ0n) is 20.5. The number of carbonyl (C=O) groups is 2. The summed E-state index contributed by atoms with van der Waals surface area (Å²) in [5, 5.41) is 11.8. The molecule has 6 nitrogen and oxygen atoms in total. The number of aliphatic hydroxyl groups is 1. The molecular weight excluding hydrogens is 472 g/mol. The van der Waals surface area contributed by atoms with E-state index in [0.717, 1.165) is 26.9 Å². The highest BCUT2D eigenvalue weighted by Gasteiger charge is 2.48. The largest absolute Gasteiger partial charge is 0.507 e. The smallest absolute Gasteiger partial charge is 0.301 e. The quantitative estimate of drug-likeness (QED) is 0.197. The van der Waals surface area contributed by atoms with Crippen LogP contribution < -0.4 is 9.64 Å². The van der Waals surface area contributed by atoms with Crippen LogP contribution in [-0.4, -0.2) is 28.9 Å². The van der Waals surface area contributed by atoms with Crippen molar-refractivity contribution in [3.8, 4) is 5.75 Å². The number of aliphatic hydroxyl groups excluding tert-OH is 1. The Morgan fingerprint density at radius 1 is 1.06 bits per heavy atom. The van der Waals surface area contributed by atoms with Crippen LogP contribution in [-0.2, 0) is 9.59 Å². The number of thiazole rings is 1. The summed E-state index contributed by atoms with van der Waals surface area (Å²) in [4.78, 5) is 33.0. The lowest BCUT2D eigenvalue weighted by molar-refractivity contribution is -0.132. The second-order valence-corrected chi connectivity index (χ2v) is 10.2. The zero-order valence-corrected chi connectivity index (χ0v) is 21.3. The normalized spacial score (nSPS) is 17.4. The summed E-state index contributed by atoms with van der Waals surface area (Å²) in [6.07, 6.45) is 0.